The lowest BCUT2D eigenvalue weighted by atomic mass is 10.1. The van der Waals surface area contributed by atoms with Crippen molar-refractivity contribution in [3.8, 4) is 0 Å². The first-order valence-corrected chi connectivity index (χ1v) is 9.50. The molecule has 2 nitrogen and oxygen atoms in total. The van der Waals surface area contributed by atoms with Crippen LogP contribution in [0.1, 0.15) is 19.4 Å². The highest BCUT2D eigenvalue weighted by Crippen LogP contribution is 2.34. The monoisotopic (exact) mass is 305 g/mol. The van der Waals surface area contributed by atoms with E-state index in [1.165, 1.54) is 15.4 Å². The minimum Gasteiger partial charge on any atom is -0.399 e. The van der Waals surface area contributed by atoms with Crippen LogP contribution in [0, 0.1) is 0 Å². The zero-order valence-electron chi connectivity index (χ0n) is 11.9. The molecule has 0 aliphatic carbocycles. The Bertz CT molecular complexity index is 567. The number of nitrogen functional groups attached to an aromatic ring is 2. The number of benzene rings is 2. The SMILES string of the molecule is CCc1cc([S+](CC)Sc2ccc(N)cc2)ccc1N. The maximum Gasteiger partial charge on any atom is 0.168 e. The third-order valence-corrected chi connectivity index (χ3v) is 7.53. The molecule has 0 bridgehead atoms. The van der Waals surface area contributed by atoms with Gasteiger partial charge in [-0.05, 0) is 61.4 Å². The molecule has 0 fully saturated rings. The van der Waals surface area contributed by atoms with Crippen LogP contribution in [0.15, 0.2) is 52.3 Å². The fourth-order valence-electron chi connectivity index (χ4n) is 1.94. The largest absolute Gasteiger partial charge is 0.399 e. The lowest BCUT2D eigenvalue weighted by Crippen LogP contribution is -2.03. The van der Waals surface area contributed by atoms with Crippen molar-refractivity contribution in [1.82, 2.24) is 0 Å². The Labute approximate surface area is 127 Å². The number of hydrogen-bond donors (Lipinski definition) is 2. The Morgan fingerprint density at radius 3 is 2.30 bits per heavy atom. The molecule has 0 aliphatic heterocycles. The van der Waals surface area contributed by atoms with Crippen LogP contribution < -0.4 is 11.5 Å². The molecule has 1 atom stereocenters. The van der Waals surface area contributed by atoms with Gasteiger partial charge in [-0.3, -0.25) is 0 Å². The van der Waals surface area contributed by atoms with Gasteiger partial charge in [0.25, 0.3) is 0 Å². The Morgan fingerprint density at radius 1 is 1.00 bits per heavy atom. The van der Waals surface area contributed by atoms with Crippen molar-refractivity contribution in [2.75, 3.05) is 17.2 Å². The summed E-state index contributed by atoms with van der Waals surface area (Å²) in [5.74, 6) is 1.11. The first kappa shape index (κ1) is 15.1. The zero-order valence-corrected chi connectivity index (χ0v) is 13.6. The predicted octanol–water partition coefficient (Wildman–Crippen LogP) is 4.12. The molecule has 20 heavy (non-hydrogen) atoms. The van der Waals surface area contributed by atoms with Gasteiger partial charge in [-0.25, -0.2) is 0 Å². The Hall–Kier alpha value is -1.26. The number of hydrogen-bond acceptors (Lipinski definition) is 3. The van der Waals surface area contributed by atoms with Crippen LogP contribution in [-0.4, -0.2) is 5.75 Å². The maximum atomic E-state index is 5.99. The summed E-state index contributed by atoms with van der Waals surface area (Å²) in [6.07, 6.45) is 0.979. The molecule has 0 saturated carbocycles. The van der Waals surface area contributed by atoms with Gasteiger partial charge >= 0.3 is 0 Å². The smallest absolute Gasteiger partial charge is 0.168 e. The summed E-state index contributed by atoms with van der Waals surface area (Å²) in [5.41, 5.74) is 14.7. The molecule has 2 rings (SSSR count). The van der Waals surface area contributed by atoms with E-state index in [0.717, 1.165) is 23.5 Å². The van der Waals surface area contributed by atoms with E-state index < -0.39 is 0 Å². The summed E-state index contributed by atoms with van der Waals surface area (Å²) in [6, 6.07) is 14.5. The van der Waals surface area contributed by atoms with Gasteiger partial charge in [0.2, 0.25) is 0 Å². The van der Waals surface area contributed by atoms with Gasteiger partial charge in [0.1, 0.15) is 16.5 Å². The van der Waals surface area contributed by atoms with Crippen molar-refractivity contribution < 1.29 is 0 Å². The molecule has 4 heteroatoms. The number of aryl methyl sites for hydroxylation is 1. The second kappa shape index (κ2) is 6.95. The summed E-state index contributed by atoms with van der Waals surface area (Å²) < 4.78 is 0. The van der Waals surface area contributed by atoms with Gasteiger partial charge in [-0.1, -0.05) is 6.92 Å². The Balaban J connectivity index is 2.21. The van der Waals surface area contributed by atoms with E-state index in [1.54, 1.807) is 0 Å². The average Bonchev–Trinajstić information content (AvgIpc) is 2.47. The fraction of sp³-hybridized carbons (Fsp3) is 0.250. The Morgan fingerprint density at radius 2 is 1.70 bits per heavy atom. The summed E-state index contributed by atoms with van der Waals surface area (Å²) in [6.45, 7) is 4.38. The lowest BCUT2D eigenvalue weighted by Gasteiger charge is -2.07. The van der Waals surface area contributed by atoms with Gasteiger partial charge in [0, 0.05) is 11.4 Å². The summed E-state index contributed by atoms with van der Waals surface area (Å²) in [5, 5.41) is 0. The molecular weight excluding hydrogens is 284 g/mol. The van der Waals surface area contributed by atoms with E-state index in [4.69, 9.17) is 11.5 Å². The number of rotatable bonds is 5. The zero-order chi connectivity index (χ0) is 14.5. The Kier molecular flexibility index (Phi) is 5.26. The topological polar surface area (TPSA) is 52.0 Å². The van der Waals surface area contributed by atoms with E-state index in [0.29, 0.717) is 0 Å². The third-order valence-electron chi connectivity index (χ3n) is 3.10. The molecule has 0 heterocycles. The molecule has 4 N–H and O–H groups in total. The lowest BCUT2D eigenvalue weighted by molar-refractivity contribution is 1.13. The summed E-state index contributed by atoms with van der Waals surface area (Å²) >= 11 is 0. The first-order chi connectivity index (χ1) is 9.63. The highest BCUT2D eigenvalue weighted by atomic mass is 33.1. The second-order valence-corrected chi connectivity index (χ2v) is 8.59. The molecule has 0 aromatic heterocycles. The standard InChI is InChI=1S/C16H21N2S2/c1-3-12-11-15(9-10-16(12)18)20(4-2)19-14-7-5-13(17)6-8-14/h5-11H,3-4,17-18H2,1-2H3/q+1. The highest BCUT2D eigenvalue weighted by Gasteiger charge is 2.23. The maximum absolute atomic E-state index is 5.99. The highest BCUT2D eigenvalue weighted by molar-refractivity contribution is 8.74. The molecule has 0 amide bonds. The van der Waals surface area contributed by atoms with Gasteiger partial charge in [0.05, 0.1) is 14.8 Å². The minimum absolute atomic E-state index is 0.148. The van der Waals surface area contributed by atoms with Crippen molar-refractivity contribution in [1.29, 1.82) is 0 Å². The van der Waals surface area contributed by atoms with Crippen molar-refractivity contribution in [2.24, 2.45) is 0 Å². The summed E-state index contributed by atoms with van der Waals surface area (Å²) in [7, 11) is 2.05. The predicted molar refractivity (Wildman–Crippen MR) is 93.1 cm³/mol. The van der Waals surface area contributed by atoms with E-state index in [1.807, 2.05) is 29.0 Å². The minimum atomic E-state index is 0.148. The van der Waals surface area contributed by atoms with E-state index >= 15 is 0 Å². The van der Waals surface area contributed by atoms with Crippen LogP contribution in [0.4, 0.5) is 11.4 Å². The van der Waals surface area contributed by atoms with E-state index in [9.17, 15) is 0 Å². The molecule has 0 aliphatic rings. The molecule has 1 unspecified atom stereocenters. The quantitative estimate of drug-likeness (QED) is 0.496. The van der Waals surface area contributed by atoms with Crippen molar-refractivity contribution in [3.05, 3.63) is 48.0 Å². The van der Waals surface area contributed by atoms with Crippen LogP contribution in [0.3, 0.4) is 0 Å². The molecule has 2 aromatic carbocycles. The van der Waals surface area contributed by atoms with Crippen molar-refractivity contribution in [2.45, 2.75) is 30.1 Å². The number of nitrogens with two attached hydrogens (primary N) is 2. The average molecular weight is 305 g/mol. The second-order valence-electron chi connectivity index (χ2n) is 4.50. The molecule has 106 valence electrons. The first-order valence-electron chi connectivity index (χ1n) is 6.77. The van der Waals surface area contributed by atoms with Crippen LogP contribution in [0.2, 0.25) is 0 Å². The van der Waals surface area contributed by atoms with Crippen LogP contribution in [0.25, 0.3) is 0 Å². The molecular formula is C16H21N2S2+. The molecule has 0 spiro atoms. The van der Waals surface area contributed by atoms with Gasteiger partial charge in [0.15, 0.2) is 4.90 Å². The molecule has 0 radical (unpaired) electrons. The normalized spacial score (nSPS) is 12.3. The number of anilines is 2. The molecule has 2 aromatic rings. The van der Waals surface area contributed by atoms with Gasteiger partial charge in [-0.15, -0.1) is 0 Å². The van der Waals surface area contributed by atoms with Crippen LogP contribution in [-0.2, 0) is 16.3 Å². The van der Waals surface area contributed by atoms with Crippen LogP contribution >= 0.6 is 10.8 Å². The van der Waals surface area contributed by atoms with Crippen LogP contribution in [0.5, 0.6) is 0 Å². The fourth-order valence-corrected chi connectivity index (χ4v) is 5.45. The van der Waals surface area contributed by atoms with Gasteiger partial charge in [-0.2, -0.15) is 0 Å². The van der Waals surface area contributed by atoms with Crippen molar-refractivity contribution in [3.63, 3.8) is 0 Å². The molecule has 0 saturated heterocycles. The van der Waals surface area contributed by atoms with E-state index in [2.05, 4.69) is 38.1 Å². The summed E-state index contributed by atoms with van der Waals surface area (Å²) in [4.78, 5) is 2.64. The van der Waals surface area contributed by atoms with Gasteiger partial charge < -0.3 is 11.5 Å². The van der Waals surface area contributed by atoms with E-state index in [-0.39, 0.29) is 9.93 Å². The van der Waals surface area contributed by atoms with Crippen molar-refractivity contribution >= 4 is 32.1 Å². The third kappa shape index (κ3) is 3.64.